The Labute approximate surface area is 173 Å². The van der Waals surface area contributed by atoms with Crippen molar-refractivity contribution in [2.24, 2.45) is 0 Å². The van der Waals surface area contributed by atoms with Gasteiger partial charge in [-0.1, -0.05) is 55.7 Å². The molecule has 2 aromatic rings. The summed E-state index contributed by atoms with van der Waals surface area (Å²) >= 11 is 4.04. The molecule has 0 spiro atoms. The van der Waals surface area contributed by atoms with Gasteiger partial charge in [0.25, 0.3) is 0 Å². The lowest BCUT2D eigenvalue weighted by molar-refractivity contribution is 0.613. The lowest BCUT2D eigenvalue weighted by Crippen LogP contribution is -2.08. The highest BCUT2D eigenvalue weighted by Crippen LogP contribution is 2.38. The minimum absolute atomic E-state index is 0.572. The normalized spacial score (nSPS) is 22.9. The number of hydrogen-bond acceptors (Lipinski definition) is 2. The first-order valence-corrected chi connectivity index (χ1v) is 13.1. The van der Waals surface area contributed by atoms with Gasteiger partial charge in [-0.2, -0.15) is 23.5 Å². The van der Waals surface area contributed by atoms with Gasteiger partial charge in [-0.3, -0.25) is 0 Å². The molecule has 0 aliphatic heterocycles. The molecule has 0 saturated heterocycles. The zero-order valence-corrected chi connectivity index (χ0v) is 18.4. The van der Waals surface area contributed by atoms with Crippen molar-refractivity contribution in [3.63, 3.8) is 0 Å². The second-order valence-electron chi connectivity index (χ2n) is 8.29. The Morgan fingerprint density at radius 3 is 1.41 bits per heavy atom. The fraction of sp³-hybridized carbons (Fsp3) is 0.520. The monoisotopic (exact) mass is 396 g/mol. The third-order valence-electron chi connectivity index (χ3n) is 6.24. The summed E-state index contributed by atoms with van der Waals surface area (Å²) in [4.78, 5) is 0. The van der Waals surface area contributed by atoms with Crippen LogP contribution in [0.5, 0.6) is 0 Å². The molecule has 0 heterocycles. The summed E-state index contributed by atoms with van der Waals surface area (Å²) in [6, 6.07) is 15.1. The molecule has 0 fully saturated rings. The number of fused-ring (bicyclic) bond motifs is 8. The van der Waals surface area contributed by atoms with Crippen LogP contribution in [0.4, 0.5) is 0 Å². The lowest BCUT2D eigenvalue weighted by Gasteiger charge is -2.24. The van der Waals surface area contributed by atoms with E-state index in [0.29, 0.717) is 10.5 Å². The fourth-order valence-corrected chi connectivity index (χ4v) is 6.30. The predicted octanol–water partition coefficient (Wildman–Crippen LogP) is 7.34. The summed E-state index contributed by atoms with van der Waals surface area (Å²) < 4.78 is 0. The number of benzene rings is 2. The first-order valence-electron chi connectivity index (χ1n) is 10.6. The molecule has 3 aliphatic rings. The Hall–Kier alpha value is -0.860. The van der Waals surface area contributed by atoms with Gasteiger partial charge in [0.1, 0.15) is 0 Å². The first-order chi connectivity index (χ1) is 13.2. The van der Waals surface area contributed by atoms with Crippen molar-refractivity contribution >= 4 is 23.5 Å². The Kier molecular flexibility index (Phi) is 6.55. The van der Waals surface area contributed by atoms with Crippen molar-refractivity contribution < 1.29 is 0 Å². The van der Waals surface area contributed by atoms with Crippen molar-refractivity contribution in [3.8, 4) is 0 Å². The summed E-state index contributed by atoms with van der Waals surface area (Å²) in [7, 11) is 0. The van der Waals surface area contributed by atoms with Crippen molar-refractivity contribution in [2.75, 3.05) is 12.5 Å². The third-order valence-corrected chi connectivity index (χ3v) is 8.25. The van der Waals surface area contributed by atoms with Crippen LogP contribution in [0, 0.1) is 0 Å². The molecule has 0 radical (unpaired) electrons. The summed E-state index contributed by atoms with van der Waals surface area (Å²) in [6.07, 6.45) is 16.2. The molecule has 27 heavy (non-hydrogen) atoms. The van der Waals surface area contributed by atoms with E-state index < -0.39 is 0 Å². The molecule has 2 heteroatoms. The van der Waals surface area contributed by atoms with E-state index >= 15 is 0 Å². The van der Waals surface area contributed by atoms with Crippen molar-refractivity contribution in [2.45, 2.75) is 68.3 Å². The second-order valence-corrected chi connectivity index (χ2v) is 10.4. The van der Waals surface area contributed by atoms with Gasteiger partial charge in [0.2, 0.25) is 0 Å². The third kappa shape index (κ3) is 4.77. The van der Waals surface area contributed by atoms with Gasteiger partial charge in [0, 0.05) is 10.5 Å². The van der Waals surface area contributed by atoms with E-state index in [1.54, 1.807) is 33.4 Å². The van der Waals surface area contributed by atoms with Crippen LogP contribution in [-0.2, 0) is 25.7 Å². The summed E-state index contributed by atoms with van der Waals surface area (Å²) in [6.45, 7) is 0. The zero-order chi connectivity index (χ0) is 18.6. The Balaban J connectivity index is 1.84. The van der Waals surface area contributed by atoms with E-state index in [1.165, 1.54) is 44.9 Å². The van der Waals surface area contributed by atoms with E-state index in [-0.39, 0.29) is 0 Å². The molecule has 2 aromatic carbocycles. The maximum Gasteiger partial charge on any atom is 0.0335 e. The maximum absolute atomic E-state index is 2.52. The molecule has 0 aromatic heterocycles. The van der Waals surface area contributed by atoms with Crippen LogP contribution in [0.1, 0.15) is 76.0 Å². The first kappa shape index (κ1) is 19.5. The van der Waals surface area contributed by atoms with Crippen LogP contribution in [0.25, 0.3) is 0 Å². The van der Waals surface area contributed by atoms with E-state index in [1.807, 2.05) is 23.5 Å². The molecular weight excluding hydrogens is 364 g/mol. The molecule has 0 nitrogen and oxygen atoms in total. The van der Waals surface area contributed by atoms with Gasteiger partial charge >= 0.3 is 0 Å². The van der Waals surface area contributed by atoms with Gasteiger partial charge in [0.15, 0.2) is 0 Å². The topological polar surface area (TPSA) is 0 Å². The Morgan fingerprint density at radius 2 is 0.963 bits per heavy atom. The van der Waals surface area contributed by atoms with Gasteiger partial charge < -0.3 is 0 Å². The van der Waals surface area contributed by atoms with Crippen LogP contribution >= 0.6 is 23.5 Å². The molecule has 2 atom stereocenters. The fourth-order valence-electron chi connectivity index (χ4n) is 4.77. The second kappa shape index (κ2) is 9.09. The smallest absolute Gasteiger partial charge is 0.0335 e. The van der Waals surface area contributed by atoms with Gasteiger partial charge in [0.05, 0.1) is 0 Å². The Morgan fingerprint density at radius 1 is 0.556 bits per heavy atom. The number of rotatable bonds is 2. The molecule has 0 saturated carbocycles. The minimum atomic E-state index is 0.572. The van der Waals surface area contributed by atoms with Crippen LogP contribution in [0.3, 0.4) is 0 Å². The summed E-state index contributed by atoms with van der Waals surface area (Å²) in [5, 5.41) is 1.14. The van der Waals surface area contributed by atoms with Gasteiger partial charge in [-0.05, 0) is 84.4 Å². The highest BCUT2D eigenvalue weighted by Gasteiger charge is 2.20. The molecule has 3 aliphatic carbocycles. The molecule has 0 amide bonds. The van der Waals surface area contributed by atoms with Crippen molar-refractivity contribution in [1.82, 2.24) is 0 Å². The van der Waals surface area contributed by atoms with Gasteiger partial charge in [-0.15, -0.1) is 0 Å². The largest absolute Gasteiger partial charge is 0.157 e. The van der Waals surface area contributed by atoms with E-state index in [9.17, 15) is 0 Å². The van der Waals surface area contributed by atoms with Crippen LogP contribution in [0.15, 0.2) is 36.4 Å². The van der Waals surface area contributed by atoms with Crippen LogP contribution in [0.2, 0.25) is 0 Å². The van der Waals surface area contributed by atoms with E-state index in [2.05, 4.69) is 48.9 Å². The predicted molar refractivity (Wildman–Crippen MR) is 123 cm³/mol. The number of aryl methyl sites for hydroxylation is 2. The van der Waals surface area contributed by atoms with Crippen LogP contribution in [-0.4, -0.2) is 12.5 Å². The summed E-state index contributed by atoms with van der Waals surface area (Å²) in [5.41, 5.74) is 9.34. The zero-order valence-electron chi connectivity index (χ0n) is 16.8. The SMILES string of the molecule is CSC1Cc2cc3cc(c2)C(SC)Cc2cc(cc1c2)CCCCCCC3. The Bertz CT molecular complexity index is 714. The van der Waals surface area contributed by atoms with Crippen molar-refractivity contribution in [1.29, 1.82) is 0 Å². The molecule has 6 bridgehead atoms. The maximum atomic E-state index is 2.52. The quantitative estimate of drug-likeness (QED) is 0.520. The average molecular weight is 397 g/mol. The highest BCUT2D eigenvalue weighted by atomic mass is 32.2. The summed E-state index contributed by atoms with van der Waals surface area (Å²) in [5.74, 6) is 0. The molecule has 0 N–H and O–H groups in total. The number of thioether (sulfide) groups is 2. The van der Waals surface area contributed by atoms with E-state index in [0.717, 1.165) is 12.8 Å². The molecule has 2 unspecified atom stereocenters. The van der Waals surface area contributed by atoms with Gasteiger partial charge in [-0.25, -0.2) is 0 Å². The molecule has 5 rings (SSSR count). The minimum Gasteiger partial charge on any atom is -0.157 e. The molecule has 144 valence electrons. The number of hydrogen-bond donors (Lipinski definition) is 0. The highest BCUT2D eigenvalue weighted by molar-refractivity contribution is 7.99. The van der Waals surface area contributed by atoms with Crippen LogP contribution < -0.4 is 0 Å². The van der Waals surface area contributed by atoms with E-state index in [4.69, 9.17) is 0 Å². The standard InChI is InChI=1S/C25H32S2/c1-26-24-16-20-10-19-9-7-5-3-4-6-8-18-11-21(14-22(24)12-18)17-25(27-2)23(13-19)15-20/h10-15,24-25H,3-9,16-17H2,1-2H3. The lowest BCUT2D eigenvalue weighted by atomic mass is 9.90. The average Bonchev–Trinajstić information content (AvgIpc) is 2.68. The molecular formula is C25H32S2. The van der Waals surface area contributed by atoms with Crippen molar-refractivity contribution in [3.05, 3.63) is 69.8 Å².